The number of carbonyl (C=O) groups excluding carboxylic acids is 1. The van der Waals surface area contributed by atoms with E-state index in [1.165, 1.54) is 5.39 Å². The number of hydrogen-bond acceptors (Lipinski definition) is 1. The maximum absolute atomic E-state index is 11.0. The Balaban J connectivity index is 2.05. The van der Waals surface area contributed by atoms with Gasteiger partial charge in [-0.05, 0) is 17.7 Å². The summed E-state index contributed by atoms with van der Waals surface area (Å²) in [6, 6.07) is 19.9. The number of para-hydroxylation sites is 1. The van der Waals surface area contributed by atoms with Gasteiger partial charge in [-0.1, -0.05) is 36.4 Å². The maximum atomic E-state index is 11.0. The second kappa shape index (κ2) is 5.49. The molecule has 0 aliphatic heterocycles. The van der Waals surface area contributed by atoms with Gasteiger partial charge in [-0.15, -0.1) is 0 Å². The van der Waals surface area contributed by atoms with Gasteiger partial charge in [0.1, 0.15) is 0 Å². The summed E-state index contributed by atoms with van der Waals surface area (Å²) in [5.41, 5.74) is 2.75. The van der Waals surface area contributed by atoms with Crippen molar-refractivity contribution in [1.82, 2.24) is 0 Å². The monoisotopic (exact) mass is 260 g/mol. The van der Waals surface area contributed by atoms with E-state index in [2.05, 4.69) is 22.8 Å². The molecule has 0 fully saturated rings. The average molecular weight is 260 g/mol. The van der Waals surface area contributed by atoms with Crippen LogP contribution in [0.5, 0.6) is 0 Å². The molecule has 0 radical (unpaired) electrons. The fourth-order valence-corrected chi connectivity index (χ4v) is 2.24. The van der Waals surface area contributed by atoms with Crippen molar-refractivity contribution in [2.75, 3.05) is 0 Å². The maximum Gasteiger partial charge on any atom is 0.217 e. The molecule has 0 aliphatic rings. The molecule has 0 aliphatic carbocycles. The quantitative estimate of drug-likeness (QED) is 0.521. The number of aromatic nitrogens is 1. The minimum Gasteiger partial charge on any atom is -0.298 e. The molecule has 0 atom stereocenters. The van der Waals surface area contributed by atoms with Gasteiger partial charge in [0.05, 0.1) is 0 Å². The van der Waals surface area contributed by atoms with E-state index in [-0.39, 0.29) is 0 Å². The summed E-state index contributed by atoms with van der Waals surface area (Å²) in [7, 11) is 0. The highest BCUT2D eigenvalue weighted by atomic mass is 16.1. The molecule has 1 aromatic heterocycles. The number of benzene rings is 2. The van der Waals surface area contributed by atoms with Crippen molar-refractivity contribution in [2.45, 2.75) is 0 Å². The molecule has 0 N–H and O–H groups in total. The van der Waals surface area contributed by atoms with Crippen LogP contribution in [-0.4, -0.2) is 6.29 Å². The van der Waals surface area contributed by atoms with Gasteiger partial charge in [0.15, 0.2) is 18.7 Å². The Labute approximate surface area is 117 Å². The van der Waals surface area contributed by atoms with Gasteiger partial charge in [0.2, 0.25) is 5.52 Å². The molecule has 2 aromatic carbocycles. The first-order chi connectivity index (χ1) is 9.88. The lowest BCUT2D eigenvalue weighted by Crippen LogP contribution is -2.25. The van der Waals surface area contributed by atoms with E-state index in [9.17, 15) is 4.79 Å². The number of rotatable bonds is 3. The molecule has 0 saturated heterocycles. The van der Waals surface area contributed by atoms with Crippen LogP contribution in [-0.2, 0) is 0 Å². The van der Waals surface area contributed by atoms with Crippen LogP contribution < -0.4 is 4.57 Å². The highest BCUT2D eigenvalue weighted by Gasteiger charge is 2.04. The molecule has 2 nitrogen and oxygen atoms in total. The molecular weight excluding hydrogens is 246 g/mol. The normalized spacial score (nSPS) is 11.0. The molecule has 3 aromatic rings. The summed E-state index contributed by atoms with van der Waals surface area (Å²) < 4.78 is 2.05. The largest absolute Gasteiger partial charge is 0.298 e. The highest BCUT2D eigenvalue weighted by molar-refractivity contribution is 5.83. The van der Waals surface area contributed by atoms with Crippen LogP contribution in [0.25, 0.3) is 23.2 Å². The smallest absolute Gasteiger partial charge is 0.217 e. The van der Waals surface area contributed by atoms with Crippen LogP contribution in [0.15, 0.2) is 66.9 Å². The molecule has 0 unspecified atom stereocenters. The van der Waals surface area contributed by atoms with E-state index in [4.69, 9.17) is 0 Å². The molecule has 3 rings (SSSR count). The summed E-state index contributed by atoms with van der Waals surface area (Å²) in [5, 5.41) is 1.18. The second-order valence-corrected chi connectivity index (χ2v) is 4.54. The third-order valence-corrected chi connectivity index (χ3v) is 3.28. The van der Waals surface area contributed by atoms with Gasteiger partial charge >= 0.3 is 0 Å². The lowest BCUT2D eigenvalue weighted by molar-refractivity contribution is -0.538. The number of pyridine rings is 1. The van der Waals surface area contributed by atoms with Crippen molar-refractivity contribution >= 4 is 29.5 Å². The van der Waals surface area contributed by atoms with Crippen molar-refractivity contribution in [3.05, 3.63) is 78.0 Å². The lowest BCUT2D eigenvalue weighted by atomic mass is 10.1. The standard InChI is InChI=1S/C18H14NO/c20-14-17-8-2-1-6-15(17)11-13-19-12-5-9-16-7-3-4-10-18(16)19/h1-14H/q+1/b13-11+. The summed E-state index contributed by atoms with van der Waals surface area (Å²) in [6.45, 7) is 0. The third-order valence-electron chi connectivity index (χ3n) is 3.28. The van der Waals surface area contributed by atoms with Crippen molar-refractivity contribution < 1.29 is 9.36 Å². The fraction of sp³-hybridized carbons (Fsp3) is 0. The molecular formula is C18H14NO+. The first-order valence-electron chi connectivity index (χ1n) is 6.50. The van der Waals surface area contributed by atoms with Gasteiger partial charge < -0.3 is 0 Å². The third kappa shape index (κ3) is 2.36. The van der Waals surface area contributed by atoms with E-state index >= 15 is 0 Å². The summed E-state index contributed by atoms with van der Waals surface area (Å²) in [6.07, 6.45) is 6.82. The van der Waals surface area contributed by atoms with Gasteiger partial charge in [0, 0.05) is 29.2 Å². The second-order valence-electron chi connectivity index (χ2n) is 4.54. The van der Waals surface area contributed by atoms with Crippen LogP contribution >= 0.6 is 0 Å². The number of nitrogens with zero attached hydrogens (tertiary/aromatic N) is 1. The van der Waals surface area contributed by atoms with Crippen molar-refractivity contribution in [3.63, 3.8) is 0 Å². The SMILES string of the molecule is O=Cc1ccccc1/C=C/[n+]1cccc2ccccc21. The molecule has 20 heavy (non-hydrogen) atoms. The molecule has 96 valence electrons. The average Bonchev–Trinajstić information content (AvgIpc) is 2.53. The van der Waals surface area contributed by atoms with Crippen LogP contribution in [0.4, 0.5) is 0 Å². The van der Waals surface area contributed by atoms with E-state index < -0.39 is 0 Å². The molecule has 1 heterocycles. The van der Waals surface area contributed by atoms with Gasteiger partial charge in [-0.25, -0.2) is 0 Å². The summed E-state index contributed by atoms with van der Waals surface area (Å²) in [5.74, 6) is 0. The minimum absolute atomic E-state index is 0.699. The Hall–Kier alpha value is -2.74. The topological polar surface area (TPSA) is 20.9 Å². The van der Waals surface area contributed by atoms with Gasteiger partial charge in [-0.2, -0.15) is 4.57 Å². The van der Waals surface area contributed by atoms with Gasteiger partial charge in [-0.3, -0.25) is 4.79 Å². The fourth-order valence-electron chi connectivity index (χ4n) is 2.24. The Bertz CT molecular complexity index is 785. The molecule has 0 bridgehead atoms. The predicted octanol–water partition coefficient (Wildman–Crippen LogP) is 3.57. The lowest BCUT2D eigenvalue weighted by Gasteiger charge is -1.97. The van der Waals surface area contributed by atoms with E-state index in [0.29, 0.717) is 5.56 Å². The molecule has 0 spiro atoms. The van der Waals surface area contributed by atoms with E-state index in [1.54, 1.807) is 0 Å². The number of fused-ring (bicyclic) bond motifs is 1. The zero-order valence-electron chi connectivity index (χ0n) is 10.9. The van der Waals surface area contributed by atoms with Crippen molar-refractivity contribution in [2.24, 2.45) is 0 Å². The van der Waals surface area contributed by atoms with Crippen molar-refractivity contribution in [3.8, 4) is 0 Å². The summed E-state index contributed by atoms with van der Waals surface area (Å²) >= 11 is 0. The molecule has 0 amide bonds. The first-order valence-corrected chi connectivity index (χ1v) is 6.50. The Morgan fingerprint density at radius 1 is 0.800 bits per heavy atom. The van der Waals surface area contributed by atoms with Crippen molar-refractivity contribution in [1.29, 1.82) is 0 Å². The van der Waals surface area contributed by atoms with Gasteiger partial charge in [0.25, 0.3) is 0 Å². The first kappa shape index (κ1) is 12.3. The number of aldehydes is 1. The Kier molecular flexibility index (Phi) is 3.38. The Morgan fingerprint density at radius 3 is 2.35 bits per heavy atom. The minimum atomic E-state index is 0.699. The van der Waals surface area contributed by atoms with E-state index in [1.807, 2.05) is 60.9 Å². The zero-order valence-corrected chi connectivity index (χ0v) is 10.9. The van der Waals surface area contributed by atoms with Crippen LogP contribution in [0.1, 0.15) is 15.9 Å². The van der Waals surface area contributed by atoms with Crippen LogP contribution in [0.3, 0.4) is 0 Å². The molecule has 0 saturated carbocycles. The van der Waals surface area contributed by atoms with E-state index in [0.717, 1.165) is 17.4 Å². The number of hydrogen-bond donors (Lipinski definition) is 0. The zero-order chi connectivity index (χ0) is 13.8. The summed E-state index contributed by atoms with van der Waals surface area (Å²) in [4.78, 5) is 11.0. The Morgan fingerprint density at radius 2 is 1.50 bits per heavy atom. The predicted molar refractivity (Wildman–Crippen MR) is 81.2 cm³/mol. The van der Waals surface area contributed by atoms with Crippen LogP contribution in [0.2, 0.25) is 0 Å². The highest BCUT2D eigenvalue weighted by Crippen LogP contribution is 2.10. The number of carbonyl (C=O) groups is 1. The van der Waals surface area contributed by atoms with Crippen LogP contribution in [0, 0.1) is 0 Å². The molecule has 2 heteroatoms.